The van der Waals surface area contributed by atoms with Gasteiger partial charge in [-0.3, -0.25) is 4.90 Å². The number of nitrogens with one attached hydrogen (secondary N) is 1. The first kappa shape index (κ1) is 18.4. The third kappa shape index (κ3) is 4.22. The van der Waals surface area contributed by atoms with Crippen LogP contribution in [0.3, 0.4) is 0 Å². The number of aromatic nitrogens is 1. The van der Waals surface area contributed by atoms with Gasteiger partial charge < -0.3 is 14.7 Å². The lowest BCUT2D eigenvalue weighted by Crippen LogP contribution is -2.51. The highest BCUT2D eigenvalue weighted by Crippen LogP contribution is 2.17. The van der Waals surface area contributed by atoms with Crippen molar-refractivity contribution in [3.63, 3.8) is 0 Å². The molecule has 0 unspecified atom stereocenters. The Morgan fingerprint density at radius 2 is 1.88 bits per heavy atom. The van der Waals surface area contributed by atoms with Crippen LogP contribution < -0.4 is 5.32 Å². The summed E-state index contributed by atoms with van der Waals surface area (Å²) < 4.78 is 18.2. The van der Waals surface area contributed by atoms with Crippen LogP contribution in [-0.2, 0) is 6.54 Å². The molecular weight excluding hydrogens is 335 g/mol. The largest absolute Gasteiger partial charge is 0.361 e. The van der Waals surface area contributed by atoms with E-state index in [1.54, 1.807) is 12.1 Å². The Labute approximate surface area is 152 Å². The summed E-state index contributed by atoms with van der Waals surface area (Å²) in [5.74, 6) is 0.581. The highest BCUT2D eigenvalue weighted by molar-refractivity contribution is 5.74. The molecule has 0 bridgehead atoms. The average molecular weight is 360 g/mol. The van der Waals surface area contributed by atoms with E-state index in [0.717, 1.165) is 42.2 Å². The number of nitrogens with zero attached hydrogens (tertiary/aromatic N) is 3. The van der Waals surface area contributed by atoms with Crippen LogP contribution in [0.1, 0.15) is 35.5 Å². The zero-order valence-electron chi connectivity index (χ0n) is 15.5. The first-order valence-electron chi connectivity index (χ1n) is 8.89. The fourth-order valence-corrected chi connectivity index (χ4v) is 3.17. The Bertz CT molecular complexity index is 732. The molecule has 140 valence electrons. The second-order valence-corrected chi connectivity index (χ2v) is 6.79. The summed E-state index contributed by atoms with van der Waals surface area (Å²) >= 11 is 0. The Hall–Kier alpha value is -2.41. The summed E-state index contributed by atoms with van der Waals surface area (Å²) in [6.45, 7) is 9.53. The Kier molecular flexibility index (Phi) is 5.56. The fraction of sp³-hybridized carbons (Fsp3) is 0.474. The van der Waals surface area contributed by atoms with Crippen molar-refractivity contribution >= 4 is 6.03 Å². The van der Waals surface area contributed by atoms with E-state index in [4.69, 9.17) is 4.52 Å². The van der Waals surface area contributed by atoms with E-state index in [-0.39, 0.29) is 17.9 Å². The summed E-state index contributed by atoms with van der Waals surface area (Å²) in [5.41, 5.74) is 2.94. The average Bonchev–Trinajstić information content (AvgIpc) is 2.94. The van der Waals surface area contributed by atoms with Gasteiger partial charge >= 0.3 is 6.03 Å². The normalized spacial score (nSPS) is 16.5. The van der Waals surface area contributed by atoms with E-state index in [9.17, 15) is 9.18 Å². The highest BCUT2D eigenvalue weighted by Gasteiger charge is 2.23. The maximum atomic E-state index is 13.0. The second-order valence-electron chi connectivity index (χ2n) is 6.79. The van der Waals surface area contributed by atoms with Gasteiger partial charge in [-0.25, -0.2) is 9.18 Å². The molecule has 1 N–H and O–H groups in total. The van der Waals surface area contributed by atoms with Crippen molar-refractivity contribution in [2.45, 2.75) is 33.4 Å². The monoisotopic (exact) mass is 360 g/mol. The minimum Gasteiger partial charge on any atom is -0.361 e. The predicted molar refractivity (Wildman–Crippen MR) is 96.2 cm³/mol. The molecule has 0 spiro atoms. The van der Waals surface area contributed by atoms with Crippen molar-refractivity contribution in [3.8, 4) is 0 Å². The van der Waals surface area contributed by atoms with Crippen LogP contribution in [0.25, 0.3) is 0 Å². The number of carbonyl (C=O) groups is 1. The van der Waals surface area contributed by atoms with Crippen LogP contribution >= 0.6 is 0 Å². The van der Waals surface area contributed by atoms with E-state index in [1.807, 2.05) is 25.7 Å². The quantitative estimate of drug-likeness (QED) is 0.910. The van der Waals surface area contributed by atoms with E-state index in [0.29, 0.717) is 13.1 Å². The summed E-state index contributed by atoms with van der Waals surface area (Å²) in [4.78, 5) is 16.6. The van der Waals surface area contributed by atoms with Gasteiger partial charge in [-0.2, -0.15) is 0 Å². The number of hydrogen-bond donors (Lipinski definition) is 1. The maximum absolute atomic E-state index is 13.0. The van der Waals surface area contributed by atoms with Gasteiger partial charge in [-0.15, -0.1) is 0 Å². The third-order valence-corrected chi connectivity index (χ3v) is 4.93. The lowest BCUT2D eigenvalue weighted by Gasteiger charge is -2.35. The Morgan fingerprint density at radius 3 is 2.46 bits per heavy atom. The van der Waals surface area contributed by atoms with Gasteiger partial charge in [0.25, 0.3) is 0 Å². The van der Waals surface area contributed by atoms with Crippen molar-refractivity contribution in [3.05, 3.63) is 52.7 Å². The molecule has 2 heterocycles. The molecule has 0 saturated carbocycles. The third-order valence-electron chi connectivity index (χ3n) is 4.93. The molecule has 0 aliphatic carbocycles. The van der Waals surface area contributed by atoms with Gasteiger partial charge in [0.2, 0.25) is 0 Å². The van der Waals surface area contributed by atoms with Gasteiger partial charge in [0.05, 0.1) is 11.7 Å². The zero-order valence-corrected chi connectivity index (χ0v) is 15.5. The number of benzene rings is 1. The van der Waals surface area contributed by atoms with Gasteiger partial charge in [0.15, 0.2) is 0 Å². The van der Waals surface area contributed by atoms with Crippen molar-refractivity contribution in [1.29, 1.82) is 0 Å². The standard InChI is InChI=1S/C19H25FN4O2/c1-13(16-4-6-17(20)7-5-16)21-19(25)24-10-8-23(9-11-24)12-18-14(2)22-26-15(18)3/h4-7,13H,8-12H2,1-3H3,(H,21,25)/t13-/m0/s1. The van der Waals surface area contributed by atoms with Crippen molar-refractivity contribution < 1.29 is 13.7 Å². The van der Waals surface area contributed by atoms with Crippen LogP contribution in [0.15, 0.2) is 28.8 Å². The number of amides is 2. The molecule has 1 saturated heterocycles. The lowest BCUT2D eigenvalue weighted by atomic mass is 10.1. The number of hydrogen-bond acceptors (Lipinski definition) is 4. The summed E-state index contributed by atoms with van der Waals surface area (Å²) in [6.07, 6.45) is 0. The number of urea groups is 1. The molecule has 2 aromatic rings. The van der Waals surface area contributed by atoms with Crippen molar-refractivity contribution in [2.75, 3.05) is 26.2 Å². The SMILES string of the molecule is Cc1noc(C)c1CN1CCN(C(=O)N[C@@H](C)c2ccc(F)cc2)CC1. The van der Waals surface area contributed by atoms with E-state index >= 15 is 0 Å². The number of aryl methyl sites for hydroxylation is 2. The van der Waals surface area contributed by atoms with Crippen LogP contribution in [-0.4, -0.2) is 47.2 Å². The molecule has 1 fully saturated rings. The molecule has 1 atom stereocenters. The van der Waals surface area contributed by atoms with E-state index < -0.39 is 0 Å². The van der Waals surface area contributed by atoms with Gasteiger partial charge in [-0.05, 0) is 38.5 Å². The molecular formula is C19H25FN4O2. The second kappa shape index (κ2) is 7.86. The Morgan fingerprint density at radius 1 is 1.23 bits per heavy atom. The molecule has 1 aromatic carbocycles. The Balaban J connectivity index is 1.49. The maximum Gasteiger partial charge on any atom is 0.317 e. The number of rotatable bonds is 4. The molecule has 7 heteroatoms. The molecule has 26 heavy (non-hydrogen) atoms. The first-order chi connectivity index (χ1) is 12.4. The van der Waals surface area contributed by atoms with E-state index in [1.165, 1.54) is 12.1 Å². The predicted octanol–water partition coefficient (Wildman–Crippen LogP) is 3.02. The van der Waals surface area contributed by atoms with E-state index in [2.05, 4.69) is 15.4 Å². The highest BCUT2D eigenvalue weighted by atomic mass is 19.1. The zero-order chi connectivity index (χ0) is 18.7. The molecule has 6 nitrogen and oxygen atoms in total. The molecule has 3 rings (SSSR count). The summed E-state index contributed by atoms with van der Waals surface area (Å²) in [7, 11) is 0. The molecule has 0 radical (unpaired) electrons. The molecule has 2 amide bonds. The lowest BCUT2D eigenvalue weighted by molar-refractivity contribution is 0.133. The summed E-state index contributed by atoms with van der Waals surface area (Å²) in [5, 5.41) is 6.98. The summed E-state index contributed by atoms with van der Waals surface area (Å²) in [6, 6.07) is 5.96. The van der Waals surface area contributed by atoms with Crippen molar-refractivity contribution in [2.24, 2.45) is 0 Å². The van der Waals surface area contributed by atoms with Crippen molar-refractivity contribution in [1.82, 2.24) is 20.3 Å². The van der Waals surface area contributed by atoms with Crippen LogP contribution in [0.2, 0.25) is 0 Å². The molecule has 1 aromatic heterocycles. The minimum atomic E-state index is -0.276. The fourth-order valence-electron chi connectivity index (χ4n) is 3.17. The van der Waals surface area contributed by atoms with Crippen LogP contribution in [0.4, 0.5) is 9.18 Å². The number of halogens is 1. The minimum absolute atomic E-state index is 0.0844. The number of carbonyl (C=O) groups excluding carboxylic acids is 1. The van der Waals surface area contributed by atoms with Gasteiger partial charge in [-0.1, -0.05) is 17.3 Å². The topological polar surface area (TPSA) is 61.6 Å². The molecule has 1 aliphatic heterocycles. The van der Waals surface area contributed by atoms with Gasteiger partial charge in [0, 0.05) is 38.3 Å². The molecule has 1 aliphatic rings. The first-order valence-corrected chi connectivity index (χ1v) is 8.89. The van der Waals surface area contributed by atoms with Crippen LogP contribution in [0.5, 0.6) is 0 Å². The van der Waals surface area contributed by atoms with Crippen LogP contribution in [0, 0.1) is 19.7 Å². The number of piperazine rings is 1. The smallest absolute Gasteiger partial charge is 0.317 e. The van der Waals surface area contributed by atoms with Gasteiger partial charge in [0.1, 0.15) is 11.6 Å².